The lowest BCUT2D eigenvalue weighted by Crippen LogP contribution is -2.41. The number of likely N-dealkylation sites (tertiary alicyclic amines) is 1. The molecule has 0 radical (unpaired) electrons. The highest BCUT2D eigenvalue weighted by Gasteiger charge is 2.25. The highest BCUT2D eigenvalue weighted by Crippen LogP contribution is 2.18. The zero-order valence-corrected chi connectivity index (χ0v) is 10.8. The van der Waals surface area contributed by atoms with Crippen LogP contribution in [0.1, 0.15) is 33.6 Å². The molecule has 1 aliphatic heterocycles. The molecule has 0 aromatic heterocycles. The van der Waals surface area contributed by atoms with E-state index in [-0.39, 0.29) is 23.1 Å². The van der Waals surface area contributed by atoms with E-state index >= 15 is 0 Å². The lowest BCUT2D eigenvalue weighted by atomic mass is 10.0. The van der Waals surface area contributed by atoms with Gasteiger partial charge in [-0.2, -0.15) is 0 Å². The molecule has 1 N–H and O–H groups in total. The number of rotatable bonds is 3. The number of piperidine rings is 1. The van der Waals surface area contributed by atoms with Crippen molar-refractivity contribution in [1.29, 1.82) is 0 Å². The van der Waals surface area contributed by atoms with Gasteiger partial charge < -0.3 is 14.7 Å². The highest BCUT2D eigenvalue weighted by molar-refractivity contribution is 6.04. The summed E-state index contributed by atoms with van der Waals surface area (Å²) in [4.78, 5) is 25.2. The zero-order valence-electron chi connectivity index (χ0n) is 10.8. The molecule has 0 unspecified atom stereocenters. The van der Waals surface area contributed by atoms with Crippen LogP contribution in [0.25, 0.3) is 0 Å². The number of benzene rings is 1. The summed E-state index contributed by atoms with van der Waals surface area (Å²) in [5, 5.41) is 9.10. The average Bonchev–Trinajstić information content (AvgIpc) is 2.46. The summed E-state index contributed by atoms with van der Waals surface area (Å²) in [5.41, 5.74) is 0.312. The number of methoxy groups -OCH3 is 1. The predicted molar refractivity (Wildman–Crippen MR) is 69.3 cm³/mol. The number of carboxylic acids is 1. The van der Waals surface area contributed by atoms with E-state index in [0.29, 0.717) is 13.1 Å². The third kappa shape index (κ3) is 2.93. The Balaban J connectivity index is 2.15. The van der Waals surface area contributed by atoms with E-state index in [1.807, 2.05) is 0 Å². The number of ether oxygens (including phenoxy) is 1. The van der Waals surface area contributed by atoms with Gasteiger partial charge in [-0.05, 0) is 25.0 Å². The van der Waals surface area contributed by atoms with Gasteiger partial charge in [-0.3, -0.25) is 4.79 Å². The first kappa shape index (κ1) is 13.5. The Morgan fingerprint density at radius 3 is 2.32 bits per heavy atom. The first-order valence-electron chi connectivity index (χ1n) is 6.28. The fourth-order valence-corrected chi connectivity index (χ4v) is 2.32. The van der Waals surface area contributed by atoms with Gasteiger partial charge in [-0.15, -0.1) is 0 Å². The molecule has 102 valence electrons. The SMILES string of the molecule is COC1CCN(C(=O)c2ccccc2C(=O)O)CC1. The molecule has 5 heteroatoms. The van der Waals surface area contributed by atoms with Crippen LogP contribution in [0, 0.1) is 0 Å². The van der Waals surface area contributed by atoms with Gasteiger partial charge in [-0.25, -0.2) is 4.79 Å². The third-order valence-electron chi connectivity index (χ3n) is 3.45. The van der Waals surface area contributed by atoms with Crippen molar-refractivity contribution in [3.63, 3.8) is 0 Å². The summed E-state index contributed by atoms with van der Waals surface area (Å²) < 4.78 is 5.25. The molecule has 1 fully saturated rings. The Bertz CT molecular complexity index is 478. The van der Waals surface area contributed by atoms with Crippen molar-refractivity contribution in [2.45, 2.75) is 18.9 Å². The maximum absolute atomic E-state index is 12.3. The van der Waals surface area contributed by atoms with Crippen LogP contribution in [0.3, 0.4) is 0 Å². The number of aromatic carboxylic acids is 1. The van der Waals surface area contributed by atoms with Gasteiger partial charge in [-0.1, -0.05) is 12.1 Å². The second-order valence-electron chi connectivity index (χ2n) is 4.58. The van der Waals surface area contributed by atoms with Crippen molar-refractivity contribution in [3.8, 4) is 0 Å². The molecule has 0 aliphatic carbocycles. The summed E-state index contributed by atoms with van der Waals surface area (Å²) in [6, 6.07) is 6.32. The quantitative estimate of drug-likeness (QED) is 0.900. The summed E-state index contributed by atoms with van der Waals surface area (Å²) in [7, 11) is 1.67. The van der Waals surface area contributed by atoms with E-state index in [1.54, 1.807) is 30.2 Å². The van der Waals surface area contributed by atoms with E-state index in [9.17, 15) is 9.59 Å². The Labute approximate surface area is 111 Å². The Hall–Kier alpha value is -1.88. The van der Waals surface area contributed by atoms with Crippen LogP contribution in [0.2, 0.25) is 0 Å². The van der Waals surface area contributed by atoms with Crippen molar-refractivity contribution in [3.05, 3.63) is 35.4 Å². The van der Waals surface area contributed by atoms with Crippen LogP contribution in [0.5, 0.6) is 0 Å². The minimum absolute atomic E-state index is 0.0568. The molecule has 0 spiro atoms. The smallest absolute Gasteiger partial charge is 0.336 e. The number of amides is 1. The summed E-state index contributed by atoms with van der Waals surface area (Å²) in [5.74, 6) is -1.29. The molecule has 1 aromatic rings. The highest BCUT2D eigenvalue weighted by atomic mass is 16.5. The second kappa shape index (κ2) is 5.84. The molecular weight excluding hydrogens is 246 g/mol. The fourth-order valence-electron chi connectivity index (χ4n) is 2.32. The van der Waals surface area contributed by atoms with Crippen LogP contribution in [-0.4, -0.2) is 48.2 Å². The Morgan fingerprint density at radius 2 is 1.79 bits per heavy atom. The summed E-state index contributed by atoms with van der Waals surface area (Å²) in [6.45, 7) is 1.20. The second-order valence-corrected chi connectivity index (χ2v) is 4.58. The number of carbonyl (C=O) groups excluding carboxylic acids is 1. The Morgan fingerprint density at radius 1 is 1.21 bits per heavy atom. The van der Waals surface area contributed by atoms with E-state index in [4.69, 9.17) is 9.84 Å². The topological polar surface area (TPSA) is 66.8 Å². The summed E-state index contributed by atoms with van der Waals surface area (Å²) >= 11 is 0. The average molecular weight is 263 g/mol. The first-order valence-corrected chi connectivity index (χ1v) is 6.28. The lowest BCUT2D eigenvalue weighted by molar-refractivity contribution is 0.0348. The standard InChI is InChI=1S/C14H17NO4/c1-19-10-6-8-15(9-7-10)13(16)11-4-2-3-5-12(11)14(17)18/h2-5,10H,6-9H2,1H3,(H,17,18). The molecule has 2 rings (SSSR count). The van der Waals surface area contributed by atoms with Crippen molar-refractivity contribution in [1.82, 2.24) is 4.90 Å². The third-order valence-corrected chi connectivity index (χ3v) is 3.45. The normalized spacial score (nSPS) is 16.4. The van der Waals surface area contributed by atoms with Crippen molar-refractivity contribution in [2.24, 2.45) is 0 Å². The number of nitrogens with zero attached hydrogens (tertiary/aromatic N) is 1. The van der Waals surface area contributed by atoms with Gasteiger partial charge in [0.2, 0.25) is 0 Å². The molecule has 1 amide bonds. The molecule has 1 aliphatic rings. The molecule has 0 atom stereocenters. The first-order chi connectivity index (χ1) is 9.13. The van der Waals surface area contributed by atoms with Crippen molar-refractivity contribution in [2.75, 3.05) is 20.2 Å². The van der Waals surface area contributed by atoms with E-state index < -0.39 is 5.97 Å². The number of carbonyl (C=O) groups is 2. The minimum Gasteiger partial charge on any atom is -0.478 e. The predicted octanol–water partition coefficient (Wildman–Crippen LogP) is 1.64. The van der Waals surface area contributed by atoms with Crippen LogP contribution >= 0.6 is 0 Å². The van der Waals surface area contributed by atoms with Gasteiger partial charge in [0, 0.05) is 20.2 Å². The van der Waals surface area contributed by atoms with Gasteiger partial charge >= 0.3 is 5.97 Å². The number of hydrogen-bond acceptors (Lipinski definition) is 3. The van der Waals surface area contributed by atoms with Gasteiger partial charge in [0.05, 0.1) is 17.2 Å². The van der Waals surface area contributed by atoms with Crippen molar-refractivity contribution < 1.29 is 19.4 Å². The number of carboxylic acid groups (broad SMARTS) is 1. The lowest BCUT2D eigenvalue weighted by Gasteiger charge is -2.31. The summed E-state index contributed by atoms with van der Waals surface area (Å²) in [6.07, 6.45) is 1.77. The number of hydrogen-bond donors (Lipinski definition) is 1. The van der Waals surface area contributed by atoms with Crippen molar-refractivity contribution >= 4 is 11.9 Å². The fraction of sp³-hybridized carbons (Fsp3) is 0.429. The van der Waals surface area contributed by atoms with E-state index in [1.165, 1.54) is 6.07 Å². The van der Waals surface area contributed by atoms with Gasteiger partial charge in [0.1, 0.15) is 0 Å². The maximum atomic E-state index is 12.3. The Kier molecular flexibility index (Phi) is 4.16. The molecule has 0 bridgehead atoms. The molecule has 19 heavy (non-hydrogen) atoms. The van der Waals surface area contributed by atoms with Gasteiger partial charge in [0.25, 0.3) is 5.91 Å². The molecular formula is C14H17NO4. The minimum atomic E-state index is -1.07. The van der Waals surface area contributed by atoms with E-state index in [0.717, 1.165) is 12.8 Å². The molecule has 1 aromatic carbocycles. The molecule has 0 saturated carbocycles. The van der Waals surface area contributed by atoms with Gasteiger partial charge in [0.15, 0.2) is 0 Å². The molecule has 1 saturated heterocycles. The molecule has 1 heterocycles. The van der Waals surface area contributed by atoms with Crippen LogP contribution in [0.15, 0.2) is 24.3 Å². The molecule has 5 nitrogen and oxygen atoms in total. The van der Waals surface area contributed by atoms with Crippen LogP contribution in [-0.2, 0) is 4.74 Å². The van der Waals surface area contributed by atoms with E-state index in [2.05, 4.69) is 0 Å². The largest absolute Gasteiger partial charge is 0.478 e. The van der Waals surface area contributed by atoms with Crippen LogP contribution < -0.4 is 0 Å². The monoisotopic (exact) mass is 263 g/mol. The maximum Gasteiger partial charge on any atom is 0.336 e. The van der Waals surface area contributed by atoms with Crippen LogP contribution in [0.4, 0.5) is 0 Å². The zero-order chi connectivity index (χ0) is 13.8.